The lowest BCUT2D eigenvalue weighted by Crippen LogP contribution is -2.30. The van der Waals surface area contributed by atoms with Crippen LogP contribution in [0, 0.1) is 10.1 Å². The molecule has 146 valence electrons. The average Bonchev–Trinajstić information content (AvgIpc) is 3.35. The van der Waals surface area contributed by atoms with E-state index in [-0.39, 0.29) is 28.3 Å². The third kappa shape index (κ3) is 3.75. The lowest BCUT2D eigenvalue weighted by Gasteiger charge is -2.13. The molecule has 1 saturated heterocycles. The van der Waals surface area contributed by atoms with Gasteiger partial charge in [-0.05, 0) is 41.4 Å². The summed E-state index contributed by atoms with van der Waals surface area (Å²) >= 11 is 11.1. The first-order valence-corrected chi connectivity index (χ1v) is 9.09. The average molecular weight is 430 g/mol. The van der Waals surface area contributed by atoms with Crippen LogP contribution >= 0.6 is 23.8 Å². The van der Waals surface area contributed by atoms with Crippen molar-refractivity contribution in [2.45, 2.75) is 6.54 Å². The second kappa shape index (κ2) is 7.49. The van der Waals surface area contributed by atoms with Gasteiger partial charge in [-0.2, -0.15) is 4.68 Å². The van der Waals surface area contributed by atoms with Gasteiger partial charge in [-0.3, -0.25) is 9.69 Å². The summed E-state index contributed by atoms with van der Waals surface area (Å²) in [5, 5.41) is 17.7. The van der Waals surface area contributed by atoms with Gasteiger partial charge in [-0.25, -0.2) is 0 Å². The molecule has 9 nitrogen and oxygen atoms in total. The van der Waals surface area contributed by atoms with Gasteiger partial charge in [0.2, 0.25) is 0 Å². The van der Waals surface area contributed by atoms with E-state index in [2.05, 4.69) is 10.4 Å². The summed E-state index contributed by atoms with van der Waals surface area (Å²) in [5.74, 6) is 0.185. The van der Waals surface area contributed by atoms with E-state index in [0.29, 0.717) is 17.2 Å². The van der Waals surface area contributed by atoms with E-state index in [9.17, 15) is 14.9 Å². The van der Waals surface area contributed by atoms with E-state index >= 15 is 0 Å². The molecule has 29 heavy (non-hydrogen) atoms. The van der Waals surface area contributed by atoms with Crippen LogP contribution in [-0.2, 0) is 11.3 Å². The van der Waals surface area contributed by atoms with Crippen LogP contribution < -0.4 is 10.2 Å². The van der Waals surface area contributed by atoms with Crippen LogP contribution in [0.4, 0.5) is 11.5 Å². The summed E-state index contributed by atoms with van der Waals surface area (Å²) in [6.45, 7) is 0.145. The number of benzene rings is 1. The van der Waals surface area contributed by atoms with E-state index in [0.717, 1.165) is 0 Å². The highest BCUT2D eigenvalue weighted by Gasteiger charge is 2.32. The van der Waals surface area contributed by atoms with E-state index in [1.165, 1.54) is 15.8 Å². The van der Waals surface area contributed by atoms with Gasteiger partial charge in [0.1, 0.15) is 23.8 Å². The Hall–Kier alpha value is -3.50. The van der Waals surface area contributed by atoms with E-state index in [1.54, 1.807) is 30.3 Å². The Balaban J connectivity index is 1.52. The number of thiocarbonyl (C=S) groups is 1. The number of nitrogens with zero attached hydrogens (tertiary/aromatic N) is 4. The van der Waals surface area contributed by atoms with Crippen LogP contribution in [0.25, 0.3) is 6.08 Å². The van der Waals surface area contributed by atoms with E-state index < -0.39 is 10.7 Å². The van der Waals surface area contributed by atoms with Gasteiger partial charge >= 0.3 is 5.82 Å². The van der Waals surface area contributed by atoms with Gasteiger partial charge in [-0.15, -0.1) is 0 Å². The smallest absolute Gasteiger partial charge is 0.408 e. The number of aromatic nitrogens is 2. The molecule has 2 aromatic heterocycles. The summed E-state index contributed by atoms with van der Waals surface area (Å²) in [7, 11) is 0. The van der Waals surface area contributed by atoms with Crippen LogP contribution in [0.15, 0.2) is 58.8 Å². The maximum Gasteiger partial charge on any atom is 0.408 e. The summed E-state index contributed by atoms with van der Waals surface area (Å²) in [5.41, 5.74) is 0.938. The zero-order valence-electron chi connectivity index (χ0n) is 14.6. The molecular formula is C18H12ClN5O4S. The lowest BCUT2D eigenvalue weighted by atomic mass is 10.3. The molecule has 1 amide bonds. The van der Waals surface area contributed by atoms with Crippen LogP contribution in [0.3, 0.4) is 0 Å². The summed E-state index contributed by atoms with van der Waals surface area (Å²) in [6, 6.07) is 12.4. The number of nitrogens with one attached hydrogen (secondary N) is 1. The molecule has 0 spiro atoms. The molecule has 4 rings (SSSR count). The van der Waals surface area contributed by atoms with Crippen LogP contribution in [0.5, 0.6) is 0 Å². The van der Waals surface area contributed by atoms with Gasteiger partial charge in [0, 0.05) is 6.08 Å². The molecule has 0 bridgehead atoms. The summed E-state index contributed by atoms with van der Waals surface area (Å²) < 4.78 is 6.99. The number of anilines is 1. The van der Waals surface area contributed by atoms with Crippen molar-refractivity contribution in [3.63, 3.8) is 0 Å². The minimum atomic E-state index is -0.657. The predicted octanol–water partition coefficient (Wildman–Crippen LogP) is 3.35. The van der Waals surface area contributed by atoms with Crippen molar-refractivity contribution in [1.82, 2.24) is 15.1 Å². The van der Waals surface area contributed by atoms with Crippen molar-refractivity contribution in [1.29, 1.82) is 0 Å². The quantitative estimate of drug-likeness (QED) is 0.287. The van der Waals surface area contributed by atoms with Gasteiger partial charge in [0.15, 0.2) is 10.1 Å². The molecule has 0 radical (unpaired) electrons. The highest BCUT2D eigenvalue weighted by atomic mass is 35.5. The number of furan rings is 1. The Morgan fingerprint density at radius 3 is 2.72 bits per heavy atom. The van der Waals surface area contributed by atoms with Gasteiger partial charge < -0.3 is 19.8 Å². The maximum absolute atomic E-state index is 12.7. The third-order valence-electron chi connectivity index (χ3n) is 4.05. The number of hydrogen-bond acceptors (Lipinski definition) is 6. The van der Waals surface area contributed by atoms with E-state index in [1.807, 2.05) is 18.2 Å². The molecule has 0 saturated carbocycles. The number of para-hydroxylation sites is 1. The minimum Gasteiger partial charge on any atom is -0.460 e. The van der Waals surface area contributed by atoms with Crippen molar-refractivity contribution in [2.75, 3.05) is 4.90 Å². The van der Waals surface area contributed by atoms with Crippen LogP contribution in [-0.4, -0.2) is 25.7 Å². The third-order valence-corrected chi connectivity index (χ3v) is 4.60. The lowest BCUT2D eigenvalue weighted by molar-refractivity contribution is -0.389. The Kier molecular flexibility index (Phi) is 4.87. The molecule has 0 atom stereocenters. The molecule has 1 fully saturated rings. The number of halogens is 1. The second-order valence-corrected chi connectivity index (χ2v) is 6.82. The standard InChI is InChI=1S/C18H12ClN5O4S/c19-14-10-22(21-16(14)24(26)27)9-13-7-6-12(28-13)8-15-17(25)23(18(29)20-15)11-4-2-1-3-5-11/h1-8,10H,9H2,(H,20,29)/b15-8+. The van der Waals surface area contributed by atoms with Crippen molar-refractivity contribution >= 4 is 52.4 Å². The molecule has 1 aromatic carbocycles. The number of amides is 1. The van der Waals surface area contributed by atoms with Gasteiger partial charge in [0.05, 0.1) is 17.0 Å². The van der Waals surface area contributed by atoms with Crippen LogP contribution in [0.1, 0.15) is 11.5 Å². The highest BCUT2D eigenvalue weighted by molar-refractivity contribution is 7.80. The molecule has 0 aliphatic carbocycles. The first-order chi connectivity index (χ1) is 13.9. The molecule has 1 aliphatic rings. The van der Waals surface area contributed by atoms with Gasteiger partial charge in [-0.1, -0.05) is 29.8 Å². The zero-order chi connectivity index (χ0) is 20.5. The maximum atomic E-state index is 12.7. The number of carbonyl (C=O) groups is 1. The first kappa shape index (κ1) is 18.8. The molecule has 1 N–H and O–H groups in total. The van der Waals surface area contributed by atoms with Crippen molar-refractivity contribution in [3.8, 4) is 0 Å². The fourth-order valence-electron chi connectivity index (χ4n) is 2.80. The molecule has 3 aromatic rings. The summed E-state index contributed by atoms with van der Waals surface area (Å²) in [6.07, 6.45) is 2.89. The topological polar surface area (TPSA) is 106 Å². The Labute approximate surface area is 174 Å². The van der Waals surface area contributed by atoms with Crippen molar-refractivity contribution < 1.29 is 14.1 Å². The molecular weight excluding hydrogens is 418 g/mol. The molecule has 1 aliphatic heterocycles. The van der Waals surface area contributed by atoms with E-state index in [4.69, 9.17) is 28.2 Å². The monoisotopic (exact) mass is 429 g/mol. The fourth-order valence-corrected chi connectivity index (χ4v) is 3.31. The van der Waals surface area contributed by atoms with Crippen LogP contribution in [0.2, 0.25) is 5.02 Å². The second-order valence-electron chi connectivity index (χ2n) is 6.02. The molecule has 3 heterocycles. The number of carbonyl (C=O) groups excluding carboxylic acids is 1. The minimum absolute atomic E-state index is 0.0563. The Morgan fingerprint density at radius 1 is 1.28 bits per heavy atom. The SMILES string of the molecule is O=C1/C(=C\c2ccc(Cn3cc(Cl)c([N+](=O)[O-])n3)o2)NC(=S)N1c1ccccc1. The zero-order valence-corrected chi connectivity index (χ0v) is 16.2. The largest absolute Gasteiger partial charge is 0.460 e. The number of nitro groups is 1. The fraction of sp³-hybridized carbons (Fsp3) is 0.0556. The van der Waals surface area contributed by atoms with Gasteiger partial charge in [0.25, 0.3) is 5.91 Å². The number of hydrogen-bond donors (Lipinski definition) is 1. The molecule has 11 heteroatoms. The highest BCUT2D eigenvalue weighted by Crippen LogP contribution is 2.24. The summed E-state index contributed by atoms with van der Waals surface area (Å²) in [4.78, 5) is 24.3. The molecule has 0 unspecified atom stereocenters. The Bertz CT molecular complexity index is 1150. The predicted molar refractivity (Wildman–Crippen MR) is 109 cm³/mol. The van der Waals surface area contributed by atoms with Crippen molar-refractivity contribution in [3.05, 3.63) is 81.0 Å². The Morgan fingerprint density at radius 2 is 2.03 bits per heavy atom. The number of rotatable bonds is 5. The first-order valence-electron chi connectivity index (χ1n) is 8.30. The normalized spacial score (nSPS) is 15.2. The van der Waals surface area contributed by atoms with Crippen molar-refractivity contribution in [2.24, 2.45) is 0 Å².